The van der Waals surface area contributed by atoms with Crippen LogP contribution in [0.2, 0.25) is 0 Å². The second-order valence-corrected chi connectivity index (χ2v) is 9.16. The Labute approximate surface area is 208 Å². The first-order chi connectivity index (χ1) is 17.4. The topological polar surface area (TPSA) is 89.9 Å². The fraction of sp³-hybridized carbons (Fsp3) is 0.407. The van der Waals surface area contributed by atoms with Crippen molar-refractivity contribution in [2.75, 3.05) is 13.2 Å². The van der Waals surface area contributed by atoms with Gasteiger partial charge in [0.15, 0.2) is 17.0 Å². The Morgan fingerprint density at radius 1 is 1.19 bits per heavy atom. The lowest BCUT2D eigenvalue weighted by molar-refractivity contribution is 0.0527. The Hall–Kier alpha value is -3.75. The first kappa shape index (κ1) is 24.0. The summed E-state index contributed by atoms with van der Waals surface area (Å²) < 4.78 is 27.5. The highest BCUT2D eigenvalue weighted by molar-refractivity contribution is 6.04. The van der Waals surface area contributed by atoms with E-state index in [2.05, 4.69) is 17.0 Å². The number of carbonyl (C=O) groups excluding carboxylic acids is 2. The summed E-state index contributed by atoms with van der Waals surface area (Å²) >= 11 is 0. The molecule has 1 atom stereocenters. The molecule has 0 unspecified atom stereocenters. The second-order valence-electron chi connectivity index (χ2n) is 9.16. The molecule has 1 amide bonds. The van der Waals surface area contributed by atoms with Crippen LogP contribution in [0.1, 0.15) is 73.0 Å². The third-order valence-electron chi connectivity index (χ3n) is 6.85. The van der Waals surface area contributed by atoms with Crippen molar-refractivity contribution < 1.29 is 23.1 Å². The lowest BCUT2D eigenvalue weighted by atomic mass is 10.1. The Morgan fingerprint density at radius 2 is 2.03 bits per heavy atom. The van der Waals surface area contributed by atoms with Gasteiger partial charge in [0, 0.05) is 35.3 Å². The number of hydrogen-bond donors (Lipinski definition) is 0. The number of hydrogen-bond acceptors (Lipinski definition) is 6. The lowest BCUT2D eigenvalue weighted by Crippen LogP contribution is -2.38. The molecule has 4 aromatic rings. The van der Waals surface area contributed by atoms with E-state index in [1.54, 1.807) is 35.7 Å². The first-order valence-electron chi connectivity index (χ1n) is 12.5. The second kappa shape index (κ2) is 9.72. The molecule has 0 N–H and O–H groups in total. The molecular formula is C27H29FN4O4. The summed E-state index contributed by atoms with van der Waals surface area (Å²) in [6.07, 6.45) is 6.05. The van der Waals surface area contributed by atoms with E-state index in [-0.39, 0.29) is 35.3 Å². The first-order valence-corrected chi connectivity index (χ1v) is 12.5. The van der Waals surface area contributed by atoms with E-state index in [1.165, 1.54) is 6.26 Å². The van der Waals surface area contributed by atoms with Crippen LogP contribution in [0.4, 0.5) is 4.39 Å². The molecule has 1 aliphatic rings. The minimum atomic E-state index is -0.626. The molecule has 0 spiro atoms. The average Bonchev–Trinajstić information content (AvgIpc) is 3.44. The maximum absolute atomic E-state index is 15.5. The van der Waals surface area contributed by atoms with E-state index in [1.807, 2.05) is 11.8 Å². The summed E-state index contributed by atoms with van der Waals surface area (Å²) in [5, 5.41) is 4.93. The Kier molecular flexibility index (Phi) is 6.47. The summed E-state index contributed by atoms with van der Waals surface area (Å²) in [6.45, 7) is 6.70. The molecule has 1 saturated heterocycles. The molecule has 36 heavy (non-hydrogen) atoms. The molecule has 0 saturated carbocycles. The summed E-state index contributed by atoms with van der Waals surface area (Å²) in [5.74, 6) is -1.28. The van der Waals surface area contributed by atoms with E-state index >= 15 is 4.39 Å². The maximum Gasteiger partial charge on any atom is 0.342 e. The third-order valence-corrected chi connectivity index (χ3v) is 6.85. The largest absolute Gasteiger partial charge is 0.462 e. The molecule has 8 nitrogen and oxygen atoms in total. The minimum Gasteiger partial charge on any atom is -0.462 e. The number of furan rings is 1. The molecular weight excluding hydrogens is 463 g/mol. The number of benzene rings is 1. The normalized spacial score (nSPS) is 16.4. The molecule has 1 aliphatic heterocycles. The zero-order valence-electron chi connectivity index (χ0n) is 20.7. The van der Waals surface area contributed by atoms with Gasteiger partial charge in [-0.25, -0.2) is 18.7 Å². The van der Waals surface area contributed by atoms with Gasteiger partial charge in [-0.2, -0.15) is 5.10 Å². The summed E-state index contributed by atoms with van der Waals surface area (Å²) in [7, 11) is 0. The predicted molar refractivity (Wildman–Crippen MR) is 132 cm³/mol. The van der Waals surface area contributed by atoms with Gasteiger partial charge in [-0.15, -0.1) is 0 Å². The number of esters is 1. The SMILES string of the molecule is CCOC(=O)c1coc2c(F)c(-c3cc4nc(C(=O)N5CCCCC[C@H]5C)cc(CC)n4n3)ccc12. The van der Waals surface area contributed by atoms with Gasteiger partial charge in [0.25, 0.3) is 5.91 Å². The van der Waals surface area contributed by atoms with Crippen LogP contribution < -0.4 is 0 Å². The van der Waals surface area contributed by atoms with Gasteiger partial charge in [-0.05, 0) is 51.3 Å². The highest BCUT2D eigenvalue weighted by atomic mass is 19.1. The van der Waals surface area contributed by atoms with Gasteiger partial charge in [0.05, 0.1) is 12.3 Å². The van der Waals surface area contributed by atoms with E-state index in [0.717, 1.165) is 37.9 Å². The Bertz CT molecular complexity index is 1460. The van der Waals surface area contributed by atoms with Gasteiger partial charge >= 0.3 is 5.97 Å². The van der Waals surface area contributed by atoms with Crippen molar-refractivity contribution >= 4 is 28.5 Å². The fourth-order valence-corrected chi connectivity index (χ4v) is 4.88. The molecule has 3 aromatic heterocycles. The molecule has 0 radical (unpaired) electrons. The lowest BCUT2D eigenvalue weighted by Gasteiger charge is -2.27. The van der Waals surface area contributed by atoms with Crippen molar-refractivity contribution in [1.82, 2.24) is 19.5 Å². The quantitative estimate of drug-likeness (QED) is 0.345. The fourth-order valence-electron chi connectivity index (χ4n) is 4.88. The van der Waals surface area contributed by atoms with Crippen LogP contribution in [0.15, 0.2) is 34.9 Å². The van der Waals surface area contributed by atoms with Crippen molar-refractivity contribution in [2.45, 2.75) is 58.9 Å². The van der Waals surface area contributed by atoms with E-state index in [9.17, 15) is 9.59 Å². The third kappa shape index (κ3) is 4.12. The number of rotatable bonds is 5. The number of aromatic nitrogens is 3. The van der Waals surface area contributed by atoms with Crippen molar-refractivity contribution in [2.24, 2.45) is 0 Å². The smallest absolute Gasteiger partial charge is 0.342 e. The van der Waals surface area contributed by atoms with Gasteiger partial charge < -0.3 is 14.1 Å². The molecule has 0 bridgehead atoms. The zero-order valence-corrected chi connectivity index (χ0v) is 20.7. The molecule has 9 heteroatoms. The van der Waals surface area contributed by atoms with Gasteiger partial charge in [-0.1, -0.05) is 19.8 Å². The van der Waals surface area contributed by atoms with Gasteiger partial charge in [-0.3, -0.25) is 4.79 Å². The summed E-state index contributed by atoms with van der Waals surface area (Å²) in [6, 6.07) is 6.80. The summed E-state index contributed by atoms with van der Waals surface area (Å²) in [4.78, 5) is 32.1. The van der Waals surface area contributed by atoms with Crippen LogP contribution in [0.25, 0.3) is 27.9 Å². The number of aryl methyl sites for hydroxylation is 1. The number of halogens is 1. The number of nitrogens with zero attached hydrogens (tertiary/aromatic N) is 4. The van der Waals surface area contributed by atoms with Crippen LogP contribution in [0, 0.1) is 5.82 Å². The van der Waals surface area contributed by atoms with Gasteiger partial charge in [0.2, 0.25) is 0 Å². The number of likely N-dealkylation sites (tertiary alicyclic amines) is 1. The molecule has 1 aromatic carbocycles. The minimum absolute atomic E-state index is 0.0395. The summed E-state index contributed by atoms with van der Waals surface area (Å²) in [5.41, 5.74) is 2.37. The molecule has 4 heterocycles. The standard InChI is InChI=1S/C27H29FN4O4/c1-4-17-13-22(26(33)31-12-8-6-7-9-16(31)3)29-23-14-21(30-32(17)23)19-11-10-18-20(27(34)35-5-2)15-36-25(18)24(19)28/h10-11,13-16H,4-9,12H2,1-3H3/t16-/m1/s1. The van der Waals surface area contributed by atoms with E-state index in [0.29, 0.717) is 28.8 Å². The van der Waals surface area contributed by atoms with Crippen molar-refractivity contribution in [1.29, 1.82) is 0 Å². The zero-order chi connectivity index (χ0) is 25.4. The molecule has 1 fully saturated rings. The molecule has 5 rings (SSSR count). The Balaban J connectivity index is 1.55. The van der Waals surface area contributed by atoms with Crippen LogP contribution in [0.3, 0.4) is 0 Å². The highest BCUT2D eigenvalue weighted by Gasteiger charge is 2.26. The number of carbonyl (C=O) groups is 2. The molecule has 0 aliphatic carbocycles. The number of amides is 1. The van der Waals surface area contributed by atoms with E-state index in [4.69, 9.17) is 9.15 Å². The Morgan fingerprint density at radius 3 is 2.81 bits per heavy atom. The van der Waals surface area contributed by atoms with Gasteiger partial charge in [0.1, 0.15) is 17.5 Å². The van der Waals surface area contributed by atoms with Crippen LogP contribution >= 0.6 is 0 Å². The monoisotopic (exact) mass is 492 g/mol. The van der Waals surface area contributed by atoms with Crippen molar-refractivity contribution in [3.63, 3.8) is 0 Å². The van der Waals surface area contributed by atoms with E-state index < -0.39 is 11.8 Å². The van der Waals surface area contributed by atoms with Crippen LogP contribution in [0.5, 0.6) is 0 Å². The van der Waals surface area contributed by atoms with Crippen LogP contribution in [-0.2, 0) is 11.2 Å². The highest BCUT2D eigenvalue weighted by Crippen LogP contribution is 2.32. The number of fused-ring (bicyclic) bond motifs is 2. The average molecular weight is 493 g/mol. The van der Waals surface area contributed by atoms with Crippen molar-refractivity contribution in [3.8, 4) is 11.3 Å². The predicted octanol–water partition coefficient (Wildman–Crippen LogP) is 5.43. The maximum atomic E-state index is 15.5. The van der Waals surface area contributed by atoms with Crippen molar-refractivity contribution in [3.05, 3.63) is 53.3 Å². The number of ether oxygens (including phenoxy) is 1. The molecule has 188 valence electrons. The van der Waals surface area contributed by atoms with Crippen LogP contribution in [-0.4, -0.2) is 50.6 Å².